The molecule has 1 saturated heterocycles. The molecular weight excluding hydrogens is 480 g/mol. The van der Waals surface area contributed by atoms with Crippen molar-refractivity contribution in [2.75, 3.05) is 39.3 Å². The summed E-state index contributed by atoms with van der Waals surface area (Å²) in [5.41, 5.74) is 2.79. The summed E-state index contributed by atoms with van der Waals surface area (Å²) in [6, 6.07) is 14.6. The first-order valence-electron chi connectivity index (χ1n) is 12.3. The molecule has 0 radical (unpaired) electrons. The predicted molar refractivity (Wildman–Crippen MR) is 136 cm³/mol. The first-order valence-corrected chi connectivity index (χ1v) is 13.2. The number of benzene rings is 2. The van der Waals surface area contributed by atoms with Crippen LogP contribution in [0.1, 0.15) is 34.0 Å². The van der Waals surface area contributed by atoms with E-state index >= 15 is 0 Å². The minimum atomic E-state index is -0.321. The molecule has 1 atom stereocenters. The largest absolute Gasteiger partial charge is 0.341 e. The molecular formula is C28H29F2N3O2S. The van der Waals surface area contributed by atoms with Crippen LogP contribution in [0, 0.1) is 11.6 Å². The van der Waals surface area contributed by atoms with Gasteiger partial charge in [-0.2, -0.15) is 0 Å². The average molecular weight is 510 g/mol. The van der Waals surface area contributed by atoms with Gasteiger partial charge in [-0.1, -0.05) is 24.3 Å². The van der Waals surface area contributed by atoms with Crippen molar-refractivity contribution in [3.8, 4) is 0 Å². The van der Waals surface area contributed by atoms with E-state index in [0.29, 0.717) is 32.6 Å². The monoisotopic (exact) mass is 509 g/mol. The third-order valence-corrected chi connectivity index (χ3v) is 8.03. The minimum Gasteiger partial charge on any atom is -0.341 e. The second-order valence-corrected chi connectivity index (χ2v) is 10.4. The Morgan fingerprint density at radius 1 is 0.861 bits per heavy atom. The molecule has 1 aromatic heterocycles. The van der Waals surface area contributed by atoms with Crippen molar-refractivity contribution in [2.45, 2.75) is 25.3 Å². The topological polar surface area (TPSA) is 43.9 Å². The van der Waals surface area contributed by atoms with Crippen LogP contribution in [0.3, 0.4) is 0 Å². The standard InChI is InChI=1S/C28H29F2N3O2S/c29-22-7-5-20(6-8-22)17-26(34)31-11-2-12-32(15-14-31)27(35)19-33-13-9-25-24(10-16-36-25)28(33)21-3-1-4-23(30)18-21/h1,3-8,10,16,18,28H,2,9,11-15,17,19H2/t28-/m1/s1. The SMILES string of the molecule is O=C(Cc1ccc(F)cc1)N1CCCN(C(=O)CN2CCc3sccc3[C@H]2c2cccc(F)c2)CC1. The van der Waals surface area contributed by atoms with Gasteiger partial charge >= 0.3 is 0 Å². The van der Waals surface area contributed by atoms with E-state index in [-0.39, 0.29) is 42.5 Å². The Morgan fingerprint density at radius 3 is 2.36 bits per heavy atom. The second kappa shape index (κ2) is 10.9. The maximum absolute atomic E-state index is 14.1. The van der Waals surface area contributed by atoms with Crippen LogP contribution in [0.25, 0.3) is 0 Å². The summed E-state index contributed by atoms with van der Waals surface area (Å²) in [7, 11) is 0. The highest BCUT2D eigenvalue weighted by atomic mass is 32.1. The van der Waals surface area contributed by atoms with Gasteiger partial charge in [0, 0.05) is 37.6 Å². The molecule has 2 amide bonds. The lowest BCUT2D eigenvalue weighted by atomic mass is 9.93. The van der Waals surface area contributed by atoms with E-state index in [1.54, 1.807) is 40.5 Å². The first-order chi connectivity index (χ1) is 17.5. The molecule has 0 aliphatic carbocycles. The molecule has 0 saturated carbocycles. The lowest BCUT2D eigenvalue weighted by molar-refractivity contribution is -0.134. The van der Waals surface area contributed by atoms with Gasteiger partial charge in [-0.05, 0) is 65.2 Å². The van der Waals surface area contributed by atoms with Gasteiger partial charge in [-0.3, -0.25) is 14.5 Å². The number of hydrogen-bond donors (Lipinski definition) is 0. The van der Waals surface area contributed by atoms with E-state index < -0.39 is 0 Å². The number of rotatable bonds is 5. The van der Waals surface area contributed by atoms with Crippen LogP contribution in [0.2, 0.25) is 0 Å². The Bertz CT molecular complexity index is 1230. The van der Waals surface area contributed by atoms with Crippen molar-refractivity contribution < 1.29 is 18.4 Å². The summed E-state index contributed by atoms with van der Waals surface area (Å²) in [6.45, 7) is 3.14. The molecule has 3 heterocycles. The molecule has 0 unspecified atom stereocenters. The fourth-order valence-electron chi connectivity index (χ4n) is 5.18. The van der Waals surface area contributed by atoms with Crippen LogP contribution in [0.4, 0.5) is 8.78 Å². The summed E-state index contributed by atoms with van der Waals surface area (Å²) in [6.07, 6.45) is 1.81. The zero-order valence-corrected chi connectivity index (χ0v) is 20.9. The number of hydrogen-bond acceptors (Lipinski definition) is 4. The van der Waals surface area contributed by atoms with Crippen molar-refractivity contribution in [2.24, 2.45) is 0 Å². The van der Waals surface area contributed by atoms with Gasteiger partial charge in [-0.15, -0.1) is 11.3 Å². The number of amides is 2. The highest BCUT2D eigenvalue weighted by Gasteiger charge is 2.32. The molecule has 0 spiro atoms. The molecule has 0 N–H and O–H groups in total. The highest BCUT2D eigenvalue weighted by Crippen LogP contribution is 2.37. The number of fused-ring (bicyclic) bond motifs is 1. The van der Waals surface area contributed by atoms with Crippen LogP contribution < -0.4 is 0 Å². The molecule has 5 rings (SSSR count). The summed E-state index contributed by atoms with van der Waals surface area (Å²) in [5, 5.41) is 2.06. The minimum absolute atomic E-state index is 0.0110. The molecule has 8 heteroatoms. The Labute approximate surface area is 213 Å². The van der Waals surface area contributed by atoms with Gasteiger partial charge in [0.2, 0.25) is 11.8 Å². The van der Waals surface area contributed by atoms with Crippen LogP contribution in [0.15, 0.2) is 60.0 Å². The Hall–Kier alpha value is -3.10. The van der Waals surface area contributed by atoms with Gasteiger partial charge in [0.1, 0.15) is 11.6 Å². The van der Waals surface area contributed by atoms with Crippen LogP contribution in [-0.2, 0) is 22.4 Å². The van der Waals surface area contributed by atoms with Gasteiger partial charge in [0.05, 0.1) is 19.0 Å². The van der Waals surface area contributed by atoms with E-state index in [2.05, 4.69) is 16.3 Å². The predicted octanol–water partition coefficient (Wildman–Crippen LogP) is 4.28. The molecule has 2 aliphatic heterocycles. The molecule has 188 valence electrons. The van der Waals surface area contributed by atoms with Gasteiger partial charge in [-0.25, -0.2) is 8.78 Å². The maximum atomic E-state index is 14.1. The van der Waals surface area contributed by atoms with Crippen molar-refractivity contribution in [3.63, 3.8) is 0 Å². The fraction of sp³-hybridized carbons (Fsp3) is 0.357. The van der Waals surface area contributed by atoms with Gasteiger partial charge in [0.15, 0.2) is 0 Å². The van der Waals surface area contributed by atoms with E-state index in [9.17, 15) is 18.4 Å². The van der Waals surface area contributed by atoms with Crippen LogP contribution in [0.5, 0.6) is 0 Å². The highest BCUT2D eigenvalue weighted by molar-refractivity contribution is 7.10. The number of carbonyl (C=O) groups is 2. The summed E-state index contributed by atoms with van der Waals surface area (Å²) in [4.78, 5) is 33.3. The zero-order valence-electron chi connectivity index (χ0n) is 20.0. The normalized spacial score (nSPS) is 18.6. The molecule has 3 aromatic rings. The van der Waals surface area contributed by atoms with E-state index in [0.717, 1.165) is 29.7 Å². The maximum Gasteiger partial charge on any atom is 0.236 e. The second-order valence-electron chi connectivity index (χ2n) is 9.40. The first kappa shape index (κ1) is 24.6. The molecule has 1 fully saturated rings. The molecule has 2 aliphatic rings. The van der Waals surface area contributed by atoms with E-state index in [4.69, 9.17) is 0 Å². The Kier molecular flexibility index (Phi) is 7.43. The number of halogens is 2. The Morgan fingerprint density at radius 2 is 1.61 bits per heavy atom. The molecule has 36 heavy (non-hydrogen) atoms. The van der Waals surface area contributed by atoms with Gasteiger partial charge in [0.25, 0.3) is 0 Å². The van der Waals surface area contributed by atoms with Crippen molar-refractivity contribution >= 4 is 23.2 Å². The van der Waals surface area contributed by atoms with E-state index in [1.807, 2.05) is 11.0 Å². The van der Waals surface area contributed by atoms with Crippen LogP contribution in [-0.4, -0.2) is 65.8 Å². The zero-order chi connectivity index (χ0) is 25.1. The van der Waals surface area contributed by atoms with Crippen molar-refractivity contribution in [1.29, 1.82) is 0 Å². The number of nitrogens with zero attached hydrogens (tertiary/aromatic N) is 3. The number of carbonyl (C=O) groups excluding carboxylic acids is 2. The average Bonchev–Trinajstić information content (AvgIpc) is 3.20. The smallest absolute Gasteiger partial charge is 0.236 e. The fourth-order valence-corrected chi connectivity index (χ4v) is 6.09. The molecule has 2 aromatic carbocycles. The molecule has 5 nitrogen and oxygen atoms in total. The van der Waals surface area contributed by atoms with Crippen molar-refractivity contribution in [1.82, 2.24) is 14.7 Å². The third-order valence-electron chi connectivity index (χ3n) is 7.04. The lowest BCUT2D eigenvalue weighted by Gasteiger charge is -2.37. The Balaban J connectivity index is 1.23. The summed E-state index contributed by atoms with van der Waals surface area (Å²) < 4.78 is 27.2. The van der Waals surface area contributed by atoms with Gasteiger partial charge < -0.3 is 9.80 Å². The summed E-state index contributed by atoms with van der Waals surface area (Å²) in [5.74, 6) is -0.580. The summed E-state index contributed by atoms with van der Waals surface area (Å²) >= 11 is 1.71. The quantitative estimate of drug-likeness (QED) is 0.516. The lowest BCUT2D eigenvalue weighted by Crippen LogP contribution is -2.45. The number of thiophene rings is 1. The molecule has 0 bridgehead atoms. The van der Waals surface area contributed by atoms with E-state index in [1.165, 1.54) is 23.1 Å². The van der Waals surface area contributed by atoms with Crippen LogP contribution >= 0.6 is 11.3 Å². The van der Waals surface area contributed by atoms with Crippen molar-refractivity contribution in [3.05, 3.63) is 93.2 Å². The third kappa shape index (κ3) is 5.50.